The lowest BCUT2D eigenvalue weighted by Crippen LogP contribution is -2.29. The Labute approximate surface area is 60.4 Å². The summed E-state index contributed by atoms with van der Waals surface area (Å²) in [5.41, 5.74) is -0.449. The quantitative estimate of drug-likeness (QED) is 0.456. The fourth-order valence-corrected chi connectivity index (χ4v) is 0.885. The molecule has 0 aromatic carbocycles. The fourth-order valence-electron chi connectivity index (χ4n) is 0.555. The van der Waals surface area contributed by atoms with Crippen LogP contribution in [-0.2, 0) is 9.59 Å². The molecular formula is C5H9O4P. The highest BCUT2D eigenvalue weighted by atomic mass is 31.0. The molecule has 0 aliphatic heterocycles. The predicted octanol–water partition coefficient (Wildman–Crippen LogP) is 0.0354. The maximum atomic E-state index is 10.2. The van der Waals surface area contributed by atoms with E-state index in [0.29, 0.717) is 0 Å². The predicted molar refractivity (Wildman–Crippen MR) is 37.9 cm³/mol. The van der Waals surface area contributed by atoms with Crippen molar-refractivity contribution in [1.29, 1.82) is 0 Å². The molecule has 0 aromatic heterocycles. The molecule has 0 rings (SSSR count). The van der Waals surface area contributed by atoms with E-state index in [1.807, 2.05) is 0 Å². The van der Waals surface area contributed by atoms with Crippen molar-refractivity contribution in [3.05, 3.63) is 0 Å². The third kappa shape index (κ3) is 2.31. The summed E-state index contributed by atoms with van der Waals surface area (Å²) in [4.78, 5) is 20.4. The van der Waals surface area contributed by atoms with Crippen LogP contribution in [0.1, 0.15) is 6.92 Å². The average Bonchev–Trinajstić information content (AvgIpc) is 1.59. The Morgan fingerprint density at radius 2 is 1.60 bits per heavy atom. The third-order valence-corrected chi connectivity index (χ3v) is 1.44. The van der Waals surface area contributed by atoms with Gasteiger partial charge in [-0.15, -0.1) is 9.24 Å². The van der Waals surface area contributed by atoms with Crippen LogP contribution in [0.25, 0.3) is 0 Å². The van der Waals surface area contributed by atoms with Gasteiger partial charge in [0, 0.05) is 0 Å². The Morgan fingerprint density at radius 1 is 1.30 bits per heavy atom. The smallest absolute Gasteiger partial charge is 0.318 e. The lowest BCUT2D eigenvalue weighted by Gasteiger charge is -2.09. The van der Waals surface area contributed by atoms with Gasteiger partial charge < -0.3 is 10.2 Å². The van der Waals surface area contributed by atoms with Crippen molar-refractivity contribution in [2.75, 3.05) is 0 Å². The number of carboxylic acids is 2. The second kappa shape index (κ2) is 3.52. The lowest BCUT2D eigenvalue weighted by atomic mass is 10.1. The first-order chi connectivity index (χ1) is 4.46. The van der Waals surface area contributed by atoms with Crippen molar-refractivity contribution in [2.24, 2.45) is 5.92 Å². The van der Waals surface area contributed by atoms with Gasteiger partial charge >= 0.3 is 11.9 Å². The normalized spacial score (nSPS) is 13.1. The van der Waals surface area contributed by atoms with Crippen molar-refractivity contribution < 1.29 is 19.8 Å². The summed E-state index contributed by atoms with van der Waals surface area (Å²) in [6, 6.07) is 0. The molecule has 0 aromatic rings. The molecule has 0 fully saturated rings. The zero-order valence-electron chi connectivity index (χ0n) is 5.44. The van der Waals surface area contributed by atoms with E-state index in [0.717, 1.165) is 0 Å². The van der Waals surface area contributed by atoms with Crippen LogP contribution in [0.4, 0.5) is 0 Å². The first kappa shape index (κ1) is 9.37. The summed E-state index contributed by atoms with van der Waals surface area (Å²) in [5, 5.41) is 16.6. The fraction of sp³-hybridized carbons (Fsp3) is 0.600. The van der Waals surface area contributed by atoms with Crippen molar-refractivity contribution in [3.8, 4) is 0 Å². The molecule has 58 valence electrons. The SMILES string of the molecule is CC(P)C(C(=O)O)C(=O)O. The molecule has 0 heterocycles. The molecule has 0 saturated heterocycles. The zero-order valence-corrected chi connectivity index (χ0v) is 6.60. The Hall–Kier alpha value is -0.630. The molecular weight excluding hydrogens is 155 g/mol. The van der Waals surface area contributed by atoms with Crippen LogP contribution in [-0.4, -0.2) is 27.8 Å². The number of rotatable bonds is 3. The summed E-state index contributed by atoms with van der Waals surface area (Å²) in [7, 11) is 2.15. The molecule has 2 N–H and O–H groups in total. The summed E-state index contributed by atoms with van der Waals surface area (Å²) < 4.78 is 0. The standard InChI is InChI=1S/C5H9O4P/c1-2(10)3(4(6)7)5(8)9/h2-3H,10H2,1H3,(H,6,7)(H,8,9). The second-order valence-corrected chi connectivity index (χ2v) is 3.06. The van der Waals surface area contributed by atoms with Gasteiger partial charge in [-0.25, -0.2) is 0 Å². The van der Waals surface area contributed by atoms with Gasteiger partial charge in [-0.05, 0) is 5.66 Å². The zero-order chi connectivity index (χ0) is 8.31. The average molecular weight is 164 g/mol. The van der Waals surface area contributed by atoms with Gasteiger partial charge in [0.15, 0.2) is 5.92 Å². The first-order valence-corrected chi connectivity index (χ1v) is 3.34. The minimum absolute atomic E-state index is 0.449. The van der Waals surface area contributed by atoms with Crippen LogP contribution < -0.4 is 0 Å². The summed E-state index contributed by atoms with van der Waals surface area (Å²) in [5.74, 6) is -3.91. The summed E-state index contributed by atoms with van der Waals surface area (Å²) in [6.07, 6.45) is 0. The molecule has 0 saturated carbocycles. The van der Waals surface area contributed by atoms with Gasteiger partial charge in [0.05, 0.1) is 0 Å². The van der Waals surface area contributed by atoms with Gasteiger partial charge in [0.1, 0.15) is 0 Å². The van der Waals surface area contributed by atoms with Crippen molar-refractivity contribution in [3.63, 3.8) is 0 Å². The Balaban J connectivity index is 4.27. The van der Waals surface area contributed by atoms with Gasteiger partial charge in [0.2, 0.25) is 0 Å². The van der Waals surface area contributed by atoms with E-state index in [9.17, 15) is 9.59 Å². The topological polar surface area (TPSA) is 74.6 Å². The van der Waals surface area contributed by atoms with E-state index in [4.69, 9.17) is 10.2 Å². The van der Waals surface area contributed by atoms with Crippen molar-refractivity contribution in [1.82, 2.24) is 0 Å². The van der Waals surface area contributed by atoms with Gasteiger partial charge in [-0.3, -0.25) is 9.59 Å². The van der Waals surface area contributed by atoms with Crippen molar-refractivity contribution in [2.45, 2.75) is 12.6 Å². The van der Waals surface area contributed by atoms with Gasteiger partial charge in [0.25, 0.3) is 0 Å². The van der Waals surface area contributed by atoms with E-state index in [2.05, 4.69) is 9.24 Å². The molecule has 0 aliphatic rings. The highest BCUT2D eigenvalue weighted by molar-refractivity contribution is 7.17. The minimum Gasteiger partial charge on any atom is -0.481 e. The van der Waals surface area contributed by atoms with Crippen LogP contribution in [0.5, 0.6) is 0 Å². The van der Waals surface area contributed by atoms with Gasteiger partial charge in [-0.1, -0.05) is 6.92 Å². The highest BCUT2D eigenvalue weighted by Gasteiger charge is 2.28. The maximum absolute atomic E-state index is 10.2. The van der Waals surface area contributed by atoms with Crippen molar-refractivity contribution >= 4 is 21.2 Å². The van der Waals surface area contributed by atoms with E-state index in [1.54, 1.807) is 0 Å². The number of hydrogen-bond donors (Lipinski definition) is 2. The van der Waals surface area contributed by atoms with E-state index in [-0.39, 0.29) is 0 Å². The minimum atomic E-state index is -1.31. The van der Waals surface area contributed by atoms with Gasteiger partial charge in [-0.2, -0.15) is 0 Å². The molecule has 0 aliphatic carbocycles. The molecule has 0 radical (unpaired) electrons. The number of aliphatic carboxylic acids is 2. The molecule has 4 nitrogen and oxygen atoms in total. The monoisotopic (exact) mass is 164 g/mol. The molecule has 5 heteroatoms. The van der Waals surface area contributed by atoms with E-state index < -0.39 is 23.5 Å². The summed E-state index contributed by atoms with van der Waals surface area (Å²) >= 11 is 0. The summed E-state index contributed by atoms with van der Waals surface area (Å²) in [6.45, 7) is 1.53. The van der Waals surface area contributed by atoms with E-state index in [1.165, 1.54) is 6.92 Å². The Kier molecular flexibility index (Phi) is 3.30. The molecule has 0 spiro atoms. The number of hydrogen-bond acceptors (Lipinski definition) is 2. The first-order valence-electron chi connectivity index (χ1n) is 2.68. The van der Waals surface area contributed by atoms with Crippen LogP contribution in [0, 0.1) is 5.92 Å². The van der Waals surface area contributed by atoms with E-state index >= 15 is 0 Å². The molecule has 0 amide bonds. The van der Waals surface area contributed by atoms with Crippen LogP contribution in [0.15, 0.2) is 0 Å². The lowest BCUT2D eigenvalue weighted by molar-refractivity contribution is -0.154. The van der Waals surface area contributed by atoms with Crippen LogP contribution in [0.3, 0.4) is 0 Å². The maximum Gasteiger partial charge on any atom is 0.318 e. The van der Waals surface area contributed by atoms with Crippen LogP contribution >= 0.6 is 9.24 Å². The van der Waals surface area contributed by atoms with Crippen LogP contribution in [0.2, 0.25) is 0 Å². The highest BCUT2D eigenvalue weighted by Crippen LogP contribution is 2.12. The second-order valence-electron chi connectivity index (χ2n) is 2.01. The molecule has 10 heavy (non-hydrogen) atoms. The largest absolute Gasteiger partial charge is 0.481 e. The molecule has 2 atom stereocenters. The Morgan fingerprint density at radius 3 is 1.60 bits per heavy atom. The molecule has 2 unspecified atom stereocenters. The third-order valence-electron chi connectivity index (χ3n) is 1.06. The number of carbonyl (C=O) groups is 2. The number of carboxylic acid groups (broad SMARTS) is 2. The Bertz CT molecular complexity index is 140. The molecule has 0 bridgehead atoms.